The molecule has 84 valence electrons. The summed E-state index contributed by atoms with van der Waals surface area (Å²) in [5.74, 6) is 0.294. The molecule has 3 heteroatoms. The number of nitrogens with zero attached hydrogens (tertiary/aromatic N) is 1. The topological polar surface area (TPSA) is 46.3 Å². The Kier molecular flexibility index (Phi) is 8.64. The van der Waals surface area contributed by atoms with Crippen molar-refractivity contribution in [1.82, 2.24) is 4.90 Å². The number of hydrogen-bond acceptors (Lipinski definition) is 2. The third-order valence-electron chi connectivity index (χ3n) is 2.46. The summed E-state index contributed by atoms with van der Waals surface area (Å²) in [4.78, 5) is 13.4. The van der Waals surface area contributed by atoms with E-state index in [1.54, 1.807) is 0 Å². The van der Waals surface area contributed by atoms with Crippen molar-refractivity contribution in [2.24, 2.45) is 5.73 Å². The number of amides is 1. The minimum Gasteiger partial charge on any atom is -0.343 e. The van der Waals surface area contributed by atoms with Gasteiger partial charge in [0.2, 0.25) is 5.91 Å². The second kappa shape index (κ2) is 9.00. The van der Waals surface area contributed by atoms with Gasteiger partial charge >= 0.3 is 0 Å². The quantitative estimate of drug-likeness (QED) is 0.607. The third-order valence-corrected chi connectivity index (χ3v) is 2.46. The fraction of sp³-hybridized carbons (Fsp3) is 0.909. The van der Waals surface area contributed by atoms with Gasteiger partial charge in [0.1, 0.15) is 0 Å². The number of carbonyl (C=O) groups excluding carboxylic acids is 1. The van der Waals surface area contributed by atoms with E-state index in [-0.39, 0.29) is 0 Å². The largest absolute Gasteiger partial charge is 0.343 e. The predicted molar refractivity (Wildman–Crippen MR) is 60.1 cm³/mol. The number of nitrogens with two attached hydrogens (primary N) is 1. The Labute approximate surface area is 87.6 Å². The molecule has 0 rings (SSSR count). The van der Waals surface area contributed by atoms with Crippen LogP contribution in [-0.4, -0.2) is 30.4 Å². The van der Waals surface area contributed by atoms with E-state index in [0.717, 1.165) is 45.3 Å². The van der Waals surface area contributed by atoms with Crippen molar-refractivity contribution >= 4 is 5.91 Å². The van der Waals surface area contributed by atoms with Crippen molar-refractivity contribution in [3.05, 3.63) is 0 Å². The molecule has 0 bridgehead atoms. The van der Waals surface area contributed by atoms with E-state index in [9.17, 15) is 4.79 Å². The first-order valence-electron chi connectivity index (χ1n) is 5.74. The lowest BCUT2D eigenvalue weighted by Gasteiger charge is -2.18. The van der Waals surface area contributed by atoms with Crippen LogP contribution in [0.25, 0.3) is 0 Å². The van der Waals surface area contributed by atoms with Crippen LogP contribution in [0.2, 0.25) is 0 Å². The highest BCUT2D eigenvalue weighted by Gasteiger charge is 2.07. The molecule has 0 aliphatic heterocycles. The van der Waals surface area contributed by atoms with E-state index in [2.05, 4.69) is 0 Å². The zero-order chi connectivity index (χ0) is 10.8. The average Bonchev–Trinajstić information content (AvgIpc) is 2.19. The maximum absolute atomic E-state index is 11.5. The monoisotopic (exact) mass is 200 g/mol. The molecular formula is C11H24N2O. The molecule has 14 heavy (non-hydrogen) atoms. The molecule has 0 aliphatic rings. The Balaban J connectivity index is 3.43. The lowest BCUT2D eigenvalue weighted by molar-refractivity contribution is -0.130. The van der Waals surface area contributed by atoms with Gasteiger partial charge in [-0.15, -0.1) is 0 Å². The molecule has 0 heterocycles. The van der Waals surface area contributed by atoms with Gasteiger partial charge in [-0.05, 0) is 33.2 Å². The van der Waals surface area contributed by atoms with Crippen LogP contribution in [0.15, 0.2) is 0 Å². The van der Waals surface area contributed by atoms with Crippen LogP contribution in [0.4, 0.5) is 0 Å². The van der Waals surface area contributed by atoms with Crippen LogP contribution in [0.3, 0.4) is 0 Å². The van der Waals surface area contributed by atoms with Gasteiger partial charge in [-0.2, -0.15) is 0 Å². The molecule has 1 amide bonds. The summed E-state index contributed by atoms with van der Waals surface area (Å²) in [6, 6.07) is 0. The molecule has 2 N–H and O–H groups in total. The van der Waals surface area contributed by atoms with Gasteiger partial charge in [-0.1, -0.05) is 12.8 Å². The highest BCUT2D eigenvalue weighted by molar-refractivity contribution is 5.75. The van der Waals surface area contributed by atoms with Crippen molar-refractivity contribution < 1.29 is 4.79 Å². The Morgan fingerprint density at radius 3 is 2.14 bits per heavy atom. The van der Waals surface area contributed by atoms with Crippen molar-refractivity contribution in [3.63, 3.8) is 0 Å². The Hall–Kier alpha value is -0.570. The first-order valence-corrected chi connectivity index (χ1v) is 5.74. The molecule has 0 saturated heterocycles. The highest BCUT2D eigenvalue weighted by Crippen LogP contribution is 2.04. The molecule has 0 radical (unpaired) electrons. The fourth-order valence-electron chi connectivity index (χ4n) is 1.51. The SMILES string of the molecule is CCN(CC)C(=O)CCCCCCN. The molecule has 0 aromatic heterocycles. The third kappa shape index (κ3) is 5.97. The zero-order valence-corrected chi connectivity index (χ0v) is 9.59. The van der Waals surface area contributed by atoms with Gasteiger partial charge in [0.05, 0.1) is 0 Å². The van der Waals surface area contributed by atoms with Crippen molar-refractivity contribution in [3.8, 4) is 0 Å². The van der Waals surface area contributed by atoms with E-state index in [1.807, 2.05) is 18.7 Å². The Morgan fingerprint density at radius 1 is 1.07 bits per heavy atom. The lowest BCUT2D eigenvalue weighted by Crippen LogP contribution is -2.30. The number of unbranched alkanes of at least 4 members (excludes halogenated alkanes) is 3. The molecule has 0 aliphatic carbocycles. The molecule has 0 spiro atoms. The van der Waals surface area contributed by atoms with Crippen LogP contribution in [0.1, 0.15) is 46.0 Å². The summed E-state index contributed by atoms with van der Waals surface area (Å²) in [6.45, 7) is 6.48. The minimum atomic E-state index is 0.294. The van der Waals surface area contributed by atoms with Gasteiger partial charge < -0.3 is 10.6 Å². The van der Waals surface area contributed by atoms with E-state index in [4.69, 9.17) is 5.73 Å². The second-order valence-corrected chi connectivity index (χ2v) is 3.52. The van der Waals surface area contributed by atoms with Gasteiger partial charge in [0, 0.05) is 19.5 Å². The summed E-state index contributed by atoms with van der Waals surface area (Å²) in [5.41, 5.74) is 5.39. The number of hydrogen-bond donors (Lipinski definition) is 1. The van der Waals surface area contributed by atoms with E-state index in [1.165, 1.54) is 0 Å². The summed E-state index contributed by atoms with van der Waals surface area (Å²) >= 11 is 0. The Bertz CT molecular complexity index is 144. The average molecular weight is 200 g/mol. The van der Waals surface area contributed by atoms with E-state index >= 15 is 0 Å². The lowest BCUT2D eigenvalue weighted by atomic mass is 10.1. The number of rotatable bonds is 8. The molecule has 0 unspecified atom stereocenters. The van der Waals surface area contributed by atoms with Crippen LogP contribution in [-0.2, 0) is 4.79 Å². The maximum atomic E-state index is 11.5. The highest BCUT2D eigenvalue weighted by atomic mass is 16.2. The Morgan fingerprint density at radius 2 is 1.64 bits per heavy atom. The molecule has 0 saturated carbocycles. The van der Waals surface area contributed by atoms with Gasteiger partial charge in [-0.3, -0.25) is 4.79 Å². The fourth-order valence-corrected chi connectivity index (χ4v) is 1.51. The summed E-state index contributed by atoms with van der Waals surface area (Å²) < 4.78 is 0. The molecule has 0 fully saturated rings. The van der Waals surface area contributed by atoms with Crippen LogP contribution in [0, 0.1) is 0 Å². The summed E-state index contributed by atoms with van der Waals surface area (Å²) in [5, 5.41) is 0. The molecule has 3 nitrogen and oxygen atoms in total. The minimum absolute atomic E-state index is 0.294. The second-order valence-electron chi connectivity index (χ2n) is 3.52. The van der Waals surface area contributed by atoms with Gasteiger partial charge in [-0.25, -0.2) is 0 Å². The summed E-state index contributed by atoms with van der Waals surface area (Å²) in [6.07, 6.45) is 5.08. The molecular weight excluding hydrogens is 176 g/mol. The smallest absolute Gasteiger partial charge is 0.222 e. The van der Waals surface area contributed by atoms with Crippen LogP contribution < -0.4 is 5.73 Å². The first-order chi connectivity index (χ1) is 6.76. The van der Waals surface area contributed by atoms with Crippen molar-refractivity contribution in [1.29, 1.82) is 0 Å². The van der Waals surface area contributed by atoms with Gasteiger partial charge in [0.15, 0.2) is 0 Å². The van der Waals surface area contributed by atoms with Crippen molar-refractivity contribution in [2.45, 2.75) is 46.0 Å². The predicted octanol–water partition coefficient (Wildman–Crippen LogP) is 1.76. The van der Waals surface area contributed by atoms with Crippen molar-refractivity contribution in [2.75, 3.05) is 19.6 Å². The van der Waals surface area contributed by atoms with Crippen LogP contribution in [0.5, 0.6) is 0 Å². The molecule has 0 aromatic carbocycles. The zero-order valence-electron chi connectivity index (χ0n) is 9.59. The standard InChI is InChI=1S/C11H24N2O/c1-3-13(4-2)11(14)9-7-5-6-8-10-12/h3-10,12H2,1-2H3. The number of carbonyl (C=O) groups is 1. The molecule has 0 atom stereocenters. The first kappa shape index (κ1) is 13.4. The van der Waals surface area contributed by atoms with E-state index < -0.39 is 0 Å². The normalized spacial score (nSPS) is 10.2. The maximum Gasteiger partial charge on any atom is 0.222 e. The van der Waals surface area contributed by atoms with E-state index in [0.29, 0.717) is 12.3 Å². The van der Waals surface area contributed by atoms with Crippen LogP contribution >= 0.6 is 0 Å². The molecule has 0 aromatic rings. The summed E-state index contributed by atoms with van der Waals surface area (Å²) in [7, 11) is 0. The van der Waals surface area contributed by atoms with Gasteiger partial charge in [0.25, 0.3) is 0 Å².